The van der Waals surface area contributed by atoms with Crippen molar-refractivity contribution in [1.29, 1.82) is 5.26 Å². The second-order valence-electron chi connectivity index (χ2n) is 5.17. The van der Waals surface area contributed by atoms with Crippen LogP contribution in [0.4, 0.5) is 13.2 Å². The third-order valence-corrected chi connectivity index (χ3v) is 3.32. The van der Waals surface area contributed by atoms with E-state index in [0.717, 1.165) is 26.2 Å². The van der Waals surface area contributed by atoms with Gasteiger partial charge in [-0.1, -0.05) is 0 Å². The van der Waals surface area contributed by atoms with Crippen molar-refractivity contribution in [3.05, 3.63) is 0 Å². The van der Waals surface area contributed by atoms with Crippen molar-refractivity contribution in [2.24, 2.45) is 5.92 Å². The maximum atomic E-state index is 12.5. The molecule has 0 aromatic heterocycles. The van der Waals surface area contributed by atoms with E-state index in [1.54, 1.807) is 4.90 Å². The molecule has 0 aliphatic carbocycles. The molecule has 4 nitrogen and oxygen atoms in total. The number of alkyl halides is 3. The minimum atomic E-state index is -4.42. The zero-order valence-electron chi connectivity index (χ0n) is 11.4. The molecule has 1 fully saturated rings. The monoisotopic (exact) mass is 278 g/mol. The number of hydrogen-bond acceptors (Lipinski definition) is 4. The fourth-order valence-electron chi connectivity index (χ4n) is 2.01. The standard InChI is InChI=1S/C12H21F3N4/c1-17(2)3-4-18-5-7-19(8-6-18)10-11(9-16)12(13,14)15/h11H,3-8,10H2,1-2H3. The van der Waals surface area contributed by atoms with Crippen LogP contribution in [0.15, 0.2) is 0 Å². The van der Waals surface area contributed by atoms with Crippen LogP contribution in [-0.2, 0) is 0 Å². The molecule has 0 amide bonds. The van der Waals surface area contributed by atoms with Crippen LogP contribution in [-0.4, -0.2) is 80.8 Å². The molecular weight excluding hydrogens is 257 g/mol. The summed E-state index contributed by atoms with van der Waals surface area (Å²) < 4.78 is 37.5. The van der Waals surface area contributed by atoms with Crippen LogP contribution in [0, 0.1) is 17.2 Å². The van der Waals surface area contributed by atoms with E-state index in [1.807, 2.05) is 14.1 Å². The van der Waals surface area contributed by atoms with Crippen LogP contribution < -0.4 is 0 Å². The second-order valence-corrected chi connectivity index (χ2v) is 5.17. The predicted molar refractivity (Wildman–Crippen MR) is 66.6 cm³/mol. The van der Waals surface area contributed by atoms with Gasteiger partial charge >= 0.3 is 6.18 Å². The van der Waals surface area contributed by atoms with E-state index in [0.29, 0.717) is 13.1 Å². The molecule has 1 unspecified atom stereocenters. The summed E-state index contributed by atoms with van der Waals surface area (Å²) in [6.07, 6.45) is -4.42. The Kier molecular flexibility index (Phi) is 6.04. The average Bonchev–Trinajstić information content (AvgIpc) is 2.33. The summed E-state index contributed by atoms with van der Waals surface area (Å²) in [4.78, 5) is 6.06. The molecule has 0 bridgehead atoms. The zero-order valence-corrected chi connectivity index (χ0v) is 11.4. The first-order valence-corrected chi connectivity index (χ1v) is 6.38. The lowest BCUT2D eigenvalue weighted by molar-refractivity contribution is -0.164. The van der Waals surface area contributed by atoms with Gasteiger partial charge in [-0.2, -0.15) is 18.4 Å². The number of hydrogen-bond donors (Lipinski definition) is 0. The number of rotatable bonds is 5. The second kappa shape index (κ2) is 7.08. The summed E-state index contributed by atoms with van der Waals surface area (Å²) in [6.45, 7) is 4.41. The van der Waals surface area contributed by atoms with Gasteiger partial charge in [0.15, 0.2) is 5.92 Å². The van der Waals surface area contributed by atoms with E-state index in [2.05, 4.69) is 9.80 Å². The van der Waals surface area contributed by atoms with E-state index in [-0.39, 0.29) is 6.54 Å². The third kappa shape index (κ3) is 5.76. The molecule has 0 saturated carbocycles. The zero-order chi connectivity index (χ0) is 14.5. The van der Waals surface area contributed by atoms with Crippen LogP contribution in [0.1, 0.15) is 0 Å². The summed E-state index contributed by atoms with van der Waals surface area (Å²) in [7, 11) is 3.99. The van der Waals surface area contributed by atoms with Gasteiger partial charge in [0.25, 0.3) is 0 Å². The number of likely N-dealkylation sites (N-methyl/N-ethyl adjacent to an activating group) is 1. The molecule has 0 aromatic rings. The highest BCUT2D eigenvalue weighted by molar-refractivity contribution is 4.91. The van der Waals surface area contributed by atoms with Gasteiger partial charge in [0.05, 0.1) is 6.07 Å². The molecule has 7 heteroatoms. The van der Waals surface area contributed by atoms with Crippen molar-refractivity contribution in [2.75, 3.05) is 59.9 Å². The lowest BCUT2D eigenvalue weighted by Crippen LogP contribution is -2.50. The van der Waals surface area contributed by atoms with Gasteiger partial charge in [-0.3, -0.25) is 9.80 Å². The summed E-state index contributed by atoms with van der Waals surface area (Å²) in [6, 6.07) is 1.35. The minimum Gasteiger partial charge on any atom is -0.308 e. The van der Waals surface area contributed by atoms with Crippen LogP contribution in [0.25, 0.3) is 0 Å². The summed E-state index contributed by atoms with van der Waals surface area (Å²) in [5.74, 6) is -1.87. The van der Waals surface area contributed by atoms with Gasteiger partial charge < -0.3 is 4.90 Å². The predicted octanol–water partition coefficient (Wildman–Crippen LogP) is 0.868. The fourth-order valence-corrected chi connectivity index (χ4v) is 2.01. The first-order chi connectivity index (χ1) is 8.82. The number of halogens is 3. The normalized spacial score (nSPS) is 20.5. The topological polar surface area (TPSA) is 33.5 Å². The first kappa shape index (κ1) is 16.2. The maximum absolute atomic E-state index is 12.5. The van der Waals surface area contributed by atoms with Crippen LogP contribution >= 0.6 is 0 Å². The van der Waals surface area contributed by atoms with Gasteiger partial charge in [0.2, 0.25) is 0 Å². The van der Waals surface area contributed by atoms with Crippen LogP contribution in [0.3, 0.4) is 0 Å². The van der Waals surface area contributed by atoms with Crippen molar-refractivity contribution in [3.8, 4) is 6.07 Å². The van der Waals surface area contributed by atoms with E-state index in [1.165, 1.54) is 6.07 Å². The van der Waals surface area contributed by atoms with Gasteiger partial charge in [0.1, 0.15) is 0 Å². The quantitative estimate of drug-likeness (QED) is 0.747. The Morgan fingerprint density at radius 3 is 2.11 bits per heavy atom. The molecule has 1 saturated heterocycles. The van der Waals surface area contributed by atoms with Gasteiger partial charge in [-0.05, 0) is 14.1 Å². The Balaban J connectivity index is 2.32. The molecule has 1 aliphatic heterocycles. The van der Waals surface area contributed by atoms with Crippen molar-refractivity contribution in [3.63, 3.8) is 0 Å². The first-order valence-electron chi connectivity index (χ1n) is 6.38. The highest BCUT2D eigenvalue weighted by Crippen LogP contribution is 2.26. The Bertz CT molecular complexity index is 303. The Labute approximate surface area is 112 Å². The summed E-state index contributed by atoms with van der Waals surface area (Å²) >= 11 is 0. The summed E-state index contributed by atoms with van der Waals surface area (Å²) in [5, 5.41) is 8.58. The van der Waals surface area contributed by atoms with Crippen molar-refractivity contribution in [2.45, 2.75) is 6.18 Å². The lowest BCUT2D eigenvalue weighted by atomic mass is 10.1. The highest BCUT2D eigenvalue weighted by Gasteiger charge is 2.41. The summed E-state index contributed by atoms with van der Waals surface area (Å²) in [5.41, 5.74) is 0. The lowest BCUT2D eigenvalue weighted by Gasteiger charge is -2.36. The van der Waals surface area contributed by atoms with Crippen molar-refractivity contribution < 1.29 is 13.2 Å². The van der Waals surface area contributed by atoms with E-state index in [9.17, 15) is 13.2 Å². The Hall–Kier alpha value is -0.840. The molecule has 0 spiro atoms. The van der Waals surface area contributed by atoms with Gasteiger partial charge in [-0.25, -0.2) is 0 Å². The largest absolute Gasteiger partial charge is 0.405 e. The molecule has 1 aliphatic rings. The van der Waals surface area contributed by atoms with Crippen molar-refractivity contribution in [1.82, 2.24) is 14.7 Å². The molecule has 19 heavy (non-hydrogen) atoms. The van der Waals surface area contributed by atoms with Gasteiger partial charge in [0, 0.05) is 45.8 Å². The Morgan fingerprint density at radius 2 is 1.68 bits per heavy atom. The van der Waals surface area contributed by atoms with Crippen molar-refractivity contribution >= 4 is 0 Å². The number of nitrogens with zero attached hydrogens (tertiary/aromatic N) is 4. The molecule has 0 N–H and O–H groups in total. The number of nitriles is 1. The average molecular weight is 278 g/mol. The molecule has 1 heterocycles. The molecule has 0 aromatic carbocycles. The SMILES string of the molecule is CN(C)CCN1CCN(CC(C#N)C(F)(F)F)CC1. The molecular formula is C12H21F3N4. The number of piperazine rings is 1. The van der Waals surface area contributed by atoms with Crippen LogP contribution in [0.5, 0.6) is 0 Å². The molecule has 0 radical (unpaired) electrons. The van der Waals surface area contributed by atoms with E-state index in [4.69, 9.17) is 5.26 Å². The Morgan fingerprint density at radius 1 is 1.16 bits per heavy atom. The fraction of sp³-hybridized carbons (Fsp3) is 0.917. The van der Waals surface area contributed by atoms with E-state index < -0.39 is 12.1 Å². The van der Waals surface area contributed by atoms with Gasteiger partial charge in [-0.15, -0.1) is 0 Å². The smallest absolute Gasteiger partial charge is 0.308 e. The molecule has 1 rings (SSSR count). The van der Waals surface area contributed by atoms with E-state index >= 15 is 0 Å². The molecule has 110 valence electrons. The van der Waals surface area contributed by atoms with Crippen LogP contribution in [0.2, 0.25) is 0 Å². The maximum Gasteiger partial charge on any atom is 0.405 e. The third-order valence-electron chi connectivity index (χ3n) is 3.32. The molecule has 1 atom stereocenters. The minimum absolute atomic E-state index is 0.207. The highest BCUT2D eigenvalue weighted by atomic mass is 19.4.